The van der Waals surface area contributed by atoms with Crippen LogP contribution in [0.3, 0.4) is 0 Å². The van der Waals surface area contributed by atoms with E-state index in [2.05, 4.69) is 41.3 Å². The fraction of sp³-hybridized carbons (Fsp3) is 0.529. The van der Waals surface area contributed by atoms with Gasteiger partial charge in [-0.3, -0.25) is 4.90 Å². The molecule has 100 valence electrons. The first kappa shape index (κ1) is 11.7. The van der Waals surface area contributed by atoms with E-state index in [4.69, 9.17) is 0 Å². The summed E-state index contributed by atoms with van der Waals surface area (Å²) in [4.78, 5) is 2.66. The van der Waals surface area contributed by atoms with Gasteiger partial charge in [0.1, 0.15) is 0 Å². The van der Waals surface area contributed by atoms with E-state index in [9.17, 15) is 5.11 Å². The van der Waals surface area contributed by atoms with Crippen molar-refractivity contribution in [1.82, 2.24) is 4.90 Å². The molecule has 0 aromatic heterocycles. The SMILES string of the molecule is OC[C@H]1[C@@H]2C[C@@H]3CC[C@H]1N3C/C2=C\c1ccccc1. The molecule has 0 aliphatic carbocycles. The smallest absolute Gasteiger partial charge is 0.0480 e. The van der Waals surface area contributed by atoms with Gasteiger partial charge in [-0.1, -0.05) is 42.0 Å². The summed E-state index contributed by atoms with van der Waals surface area (Å²) in [6, 6.07) is 12.1. The van der Waals surface area contributed by atoms with Crippen molar-refractivity contribution < 1.29 is 5.11 Å². The summed E-state index contributed by atoms with van der Waals surface area (Å²) in [6.45, 7) is 1.48. The lowest BCUT2D eigenvalue weighted by Gasteiger charge is -2.51. The highest BCUT2D eigenvalue weighted by molar-refractivity contribution is 5.55. The van der Waals surface area contributed by atoms with E-state index in [-0.39, 0.29) is 0 Å². The molecule has 0 saturated carbocycles. The minimum Gasteiger partial charge on any atom is -0.396 e. The molecule has 0 amide bonds. The van der Waals surface area contributed by atoms with Gasteiger partial charge in [-0.2, -0.15) is 0 Å². The quantitative estimate of drug-likeness (QED) is 0.878. The molecule has 0 radical (unpaired) electrons. The molecule has 4 bridgehead atoms. The molecule has 4 aliphatic rings. The van der Waals surface area contributed by atoms with Crippen molar-refractivity contribution in [3.8, 4) is 0 Å². The summed E-state index contributed by atoms with van der Waals surface area (Å²) in [5, 5.41) is 9.76. The first-order valence-electron chi connectivity index (χ1n) is 7.49. The van der Waals surface area contributed by atoms with E-state index in [1.165, 1.54) is 24.8 Å². The van der Waals surface area contributed by atoms with E-state index in [0.29, 0.717) is 24.5 Å². The molecule has 5 rings (SSSR count). The molecule has 1 aromatic rings. The first-order chi connectivity index (χ1) is 9.36. The Morgan fingerprint density at radius 2 is 2.05 bits per heavy atom. The highest BCUT2D eigenvalue weighted by atomic mass is 16.3. The summed E-state index contributed by atoms with van der Waals surface area (Å²) < 4.78 is 0. The number of aliphatic hydroxyl groups is 1. The van der Waals surface area contributed by atoms with Crippen LogP contribution in [-0.4, -0.2) is 35.2 Å². The fourth-order valence-corrected chi connectivity index (χ4v) is 4.58. The van der Waals surface area contributed by atoms with Crippen LogP contribution in [0.25, 0.3) is 6.08 Å². The number of hydrogen-bond donors (Lipinski definition) is 1. The van der Waals surface area contributed by atoms with Crippen molar-refractivity contribution in [2.75, 3.05) is 13.2 Å². The Bertz CT molecular complexity index is 495. The lowest BCUT2D eigenvalue weighted by molar-refractivity contribution is -0.000634. The monoisotopic (exact) mass is 255 g/mol. The van der Waals surface area contributed by atoms with Crippen LogP contribution in [0.15, 0.2) is 35.9 Å². The van der Waals surface area contributed by atoms with Gasteiger partial charge in [0.15, 0.2) is 0 Å². The molecule has 1 aromatic carbocycles. The van der Waals surface area contributed by atoms with Crippen LogP contribution in [-0.2, 0) is 0 Å². The predicted octanol–water partition coefficient (Wildman–Crippen LogP) is 2.55. The van der Waals surface area contributed by atoms with Gasteiger partial charge in [-0.25, -0.2) is 0 Å². The van der Waals surface area contributed by atoms with E-state index in [1.54, 1.807) is 5.57 Å². The molecule has 4 fully saturated rings. The van der Waals surface area contributed by atoms with Crippen LogP contribution >= 0.6 is 0 Å². The lowest BCUT2D eigenvalue weighted by atomic mass is 9.71. The Labute approximate surface area is 114 Å². The molecule has 2 heteroatoms. The van der Waals surface area contributed by atoms with Crippen molar-refractivity contribution in [3.05, 3.63) is 41.5 Å². The molecule has 4 saturated heterocycles. The molecule has 4 aliphatic heterocycles. The van der Waals surface area contributed by atoms with Gasteiger partial charge in [0.05, 0.1) is 0 Å². The maximum absolute atomic E-state index is 9.76. The number of fused-ring (bicyclic) bond motifs is 1. The van der Waals surface area contributed by atoms with E-state index < -0.39 is 0 Å². The number of aliphatic hydroxyl groups excluding tert-OH is 1. The molecule has 2 nitrogen and oxygen atoms in total. The van der Waals surface area contributed by atoms with Crippen LogP contribution < -0.4 is 0 Å². The number of piperidine rings is 3. The molecule has 4 heterocycles. The van der Waals surface area contributed by atoms with Crippen molar-refractivity contribution in [3.63, 3.8) is 0 Å². The zero-order valence-corrected chi connectivity index (χ0v) is 11.2. The summed E-state index contributed by atoms with van der Waals surface area (Å²) in [5.41, 5.74) is 2.84. The van der Waals surface area contributed by atoms with Gasteiger partial charge < -0.3 is 5.11 Å². The van der Waals surface area contributed by atoms with Gasteiger partial charge in [0, 0.05) is 31.2 Å². The van der Waals surface area contributed by atoms with Crippen molar-refractivity contribution in [2.45, 2.75) is 31.3 Å². The Hall–Kier alpha value is -1.12. The van der Waals surface area contributed by atoms with Crippen LogP contribution in [0, 0.1) is 11.8 Å². The highest BCUT2D eigenvalue weighted by Crippen LogP contribution is 2.50. The molecule has 1 N–H and O–H groups in total. The number of nitrogens with zero attached hydrogens (tertiary/aromatic N) is 1. The minimum absolute atomic E-state index is 0.352. The molecule has 1 unspecified atom stereocenters. The molecule has 5 atom stereocenters. The second-order valence-electron chi connectivity index (χ2n) is 6.29. The average Bonchev–Trinajstić information content (AvgIpc) is 2.77. The summed E-state index contributed by atoms with van der Waals surface area (Å²) in [7, 11) is 0. The molecule has 19 heavy (non-hydrogen) atoms. The van der Waals surface area contributed by atoms with Gasteiger partial charge in [-0.15, -0.1) is 0 Å². The third-order valence-corrected chi connectivity index (χ3v) is 5.43. The summed E-state index contributed by atoms with van der Waals surface area (Å²) in [5.74, 6) is 1.09. The maximum Gasteiger partial charge on any atom is 0.0480 e. The van der Waals surface area contributed by atoms with E-state index in [0.717, 1.165) is 12.6 Å². The van der Waals surface area contributed by atoms with Gasteiger partial charge in [-0.05, 0) is 30.7 Å². The molecule has 0 spiro atoms. The third kappa shape index (κ3) is 1.78. The van der Waals surface area contributed by atoms with Crippen LogP contribution in [0.2, 0.25) is 0 Å². The second-order valence-corrected chi connectivity index (χ2v) is 6.29. The third-order valence-electron chi connectivity index (χ3n) is 5.43. The zero-order chi connectivity index (χ0) is 12.8. The number of rotatable bonds is 2. The Morgan fingerprint density at radius 1 is 1.21 bits per heavy atom. The fourth-order valence-electron chi connectivity index (χ4n) is 4.58. The number of benzene rings is 1. The van der Waals surface area contributed by atoms with Gasteiger partial charge in [0.2, 0.25) is 0 Å². The van der Waals surface area contributed by atoms with E-state index in [1.807, 2.05) is 0 Å². The summed E-state index contributed by atoms with van der Waals surface area (Å²) in [6.07, 6.45) is 6.26. The van der Waals surface area contributed by atoms with Gasteiger partial charge >= 0.3 is 0 Å². The average molecular weight is 255 g/mol. The van der Waals surface area contributed by atoms with Crippen molar-refractivity contribution in [2.24, 2.45) is 11.8 Å². The van der Waals surface area contributed by atoms with E-state index >= 15 is 0 Å². The van der Waals surface area contributed by atoms with Gasteiger partial charge in [0.25, 0.3) is 0 Å². The van der Waals surface area contributed by atoms with Crippen molar-refractivity contribution in [1.29, 1.82) is 0 Å². The second kappa shape index (κ2) is 4.46. The van der Waals surface area contributed by atoms with Crippen molar-refractivity contribution >= 4 is 6.08 Å². The minimum atomic E-state index is 0.352. The number of hydrogen-bond acceptors (Lipinski definition) is 2. The zero-order valence-electron chi connectivity index (χ0n) is 11.2. The largest absolute Gasteiger partial charge is 0.396 e. The maximum atomic E-state index is 9.76. The lowest BCUT2D eigenvalue weighted by Crippen LogP contribution is -2.56. The molecular formula is C17H21NO. The highest BCUT2D eigenvalue weighted by Gasteiger charge is 2.51. The topological polar surface area (TPSA) is 23.5 Å². The summed E-state index contributed by atoms with van der Waals surface area (Å²) >= 11 is 0. The van der Waals surface area contributed by atoms with Crippen LogP contribution in [0.4, 0.5) is 0 Å². The van der Waals surface area contributed by atoms with Crippen LogP contribution in [0.1, 0.15) is 24.8 Å². The molecular weight excluding hydrogens is 234 g/mol. The standard InChI is InChI=1S/C17H21NO/c19-11-16-15-9-14-6-7-17(16)18(14)10-13(15)8-12-4-2-1-3-5-12/h1-5,8,14-17,19H,6-7,9-11H2/b13-8+/t14-,15+,16-,17+/m0/s1. The first-order valence-corrected chi connectivity index (χ1v) is 7.49. The Morgan fingerprint density at radius 3 is 2.84 bits per heavy atom. The van der Waals surface area contributed by atoms with Crippen LogP contribution in [0.5, 0.6) is 0 Å². The predicted molar refractivity (Wildman–Crippen MR) is 76.6 cm³/mol. The normalized spacial score (nSPS) is 41.9. The Balaban J connectivity index is 1.67. The Kier molecular flexibility index (Phi) is 2.75.